The second-order valence-corrected chi connectivity index (χ2v) is 5.23. The van der Waals surface area contributed by atoms with Gasteiger partial charge in [0, 0.05) is 5.39 Å². The van der Waals surface area contributed by atoms with Crippen molar-refractivity contribution in [3.8, 4) is 6.07 Å². The minimum atomic E-state index is -0.176. The third-order valence-corrected chi connectivity index (χ3v) is 3.80. The maximum atomic E-state index is 8.97. The van der Waals surface area contributed by atoms with Crippen molar-refractivity contribution in [2.24, 2.45) is 0 Å². The van der Waals surface area contributed by atoms with Crippen molar-refractivity contribution in [1.82, 2.24) is 14.8 Å². The zero-order chi connectivity index (χ0) is 15.6. The molecule has 23 heavy (non-hydrogen) atoms. The lowest BCUT2D eigenvalue weighted by Gasteiger charge is -2.16. The molecule has 5 nitrogen and oxygen atoms in total. The molecule has 0 saturated carbocycles. The Hall–Kier alpha value is -3.39. The monoisotopic (exact) mass is 300 g/mol. The second-order valence-electron chi connectivity index (χ2n) is 5.23. The molecule has 0 radical (unpaired) electrons. The molecule has 2 heterocycles. The van der Waals surface area contributed by atoms with Crippen molar-refractivity contribution in [2.45, 2.75) is 6.04 Å². The molecule has 2 aromatic carbocycles. The Morgan fingerprint density at radius 2 is 1.74 bits per heavy atom. The summed E-state index contributed by atoms with van der Waals surface area (Å²) in [5, 5.41) is 17.8. The molecule has 1 atom stereocenters. The van der Waals surface area contributed by atoms with Crippen molar-refractivity contribution in [1.29, 1.82) is 5.26 Å². The van der Waals surface area contributed by atoms with E-state index in [1.165, 1.54) is 0 Å². The zero-order valence-electron chi connectivity index (χ0n) is 12.1. The third-order valence-electron chi connectivity index (χ3n) is 3.80. The highest BCUT2D eigenvalue weighted by Gasteiger charge is 2.20. The van der Waals surface area contributed by atoms with Crippen molar-refractivity contribution >= 4 is 11.0 Å². The average molecular weight is 300 g/mol. The molecule has 0 aliphatic carbocycles. The normalized spacial score (nSPS) is 12.1. The molecular formula is C18H12N4O. The van der Waals surface area contributed by atoms with Gasteiger partial charge in [-0.25, -0.2) is 0 Å². The first-order valence-electron chi connectivity index (χ1n) is 7.18. The first-order chi connectivity index (χ1) is 11.3. The lowest BCUT2D eigenvalue weighted by atomic mass is 10.0. The van der Waals surface area contributed by atoms with Gasteiger partial charge in [-0.2, -0.15) is 5.26 Å². The van der Waals surface area contributed by atoms with E-state index in [9.17, 15) is 0 Å². The van der Waals surface area contributed by atoms with Crippen LogP contribution in [0.3, 0.4) is 0 Å². The molecular weight excluding hydrogens is 288 g/mol. The van der Waals surface area contributed by atoms with Crippen molar-refractivity contribution in [3.05, 3.63) is 84.1 Å². The summed E-state index contributed by atoms with van der Waals surface area (Å²) < 4.78 is 7.91. The van der Waals surface area contributed by atoms with Crippen LogP contribution in [0.4, 0.5) is 0 Å². The molecule has 5 heteroatoms. The topological polar surface area (TPSA) is 67.6 Å². The largest absolute Gasteiger partial charge is 0.458 e. The van der Waals surface area contributed by atoms with Crippen molar-refractivity contribution < 1.29 is 4.42 Å². The first kappa shape index (κ1) is 13.3. The highest BCUT2D eigenvalue weighted by Crippen LogP contribution is 2.31. The number of hydrogen-bond acceptors (Lipinski definition) is 4. The summed E-state index contributed by atoms with van der Waals surface area (Å²) in [7, 11) is 0. The van der Waals surface area contributed by atoms with E-state index < -0.39 is 0 Å². The maximum absolute atomic E-state index is 8.97. The van der Waals surface area contributed by atoms with Gasteiger partial charge in [0.2, 0.25) is 0 Å². The van der Waals surface area contributed by atoms with E-state index in [-0.39, 0.29) is 6.04 Å². The number of hydrogen-bond donors (Lipinski definition) is 0. The predicted molar refractivity (Wildman–Crippen MR) is 84.6 cm³/mol. The highest BCUT2D eigenvalue weighted by molar-refractivity contribution is 5.78. The van der Waals surface area contributed by atoms with Gasteiger partial charge in [0.25, 0.3) is 0 Å². The quantitative estimate of drug-likeness (QED) is 0.580. The number of aromatic nitrogens is 3. The summed E-state index contributed by atoms with van der Waals surface area (Å²) in [6.07, 6.45) is 3.33. The summed E-state index contributed by atoms with van der Waals surface area (Å²) in [6, 6.07) is 19.3. The van der Waals surface area contributed by atoms with E-state index >= 15 is 0 Å². The van der Waals surface area contributed by atoms with Gasteiger partial charge in [-0.1, -0.05) is 30.3 Å². The second kappa shape index (κ2) is 5.43. The molecule has 0 bridgehead atoms. The van der Waals surface area contributed by atoms with E-state index in [4.69, 9.17) is 9.68 Å². The number of rotatable bonds is 3. The summed E-state index contributed by atoms with van der Waals surface area (Å²) in [4.78, 5) is 0. The fraction of sp³-hybridized carbons (Fsp3) is 0.0556. The lowest BCUT2D eigenvalue weighted by Crippen LogP contribution is -2.09. The van der Waals surface area contributed by atoms with Gasteiger partial charge in [-0.3, -0.25) is 0 Å². The molecule has 0 amide bonds. The number of benzene rings is 2. The standard InChI is InChI=1S/C18H12N4O/c19-10-13-5-7-14(8-6-13)18(22-11-20-21-12-22)17-9-15-3-1-2-4-16(15)23-17/h1-9,11-12,18H. The van der Waals surface area contributed by atoms with Crippen LogP contribution in [0.1, 0.15) is 22.9 Å². The SMILES string of the molecule is N#Cc1ccc(C(c2cc3ccccc3o2)n2cnnc2)cc1. The van der Waals surface area contributed by atoms with Gasteiger partial charge in [-0.05, 0) is 29.8 Å². The van der Waals surface area contributed by atoms with Gasteiger partial charge in [0.15, 0.2) is 0 Å². The van der Waals surface area contributed by atoms with E-state index in [1.54, 1.807) is 24.8 Å². The fourth-order valence-corrected chi connectivity index (χ4v) is 2.70. The minimum Gasteiger partial charge on any atom is -0.458 e. The summed E-state index contributed by atoms with van der Waals surface area (Å²) >= 11 is 0. The predicted octanol–water partition coefficient (Wildman–Crippen LogP) is 3.53. The van der Waals surface area contributed by atoms with E-state index in [2.05, 4.69) is 16.3 Å². The Morgan fingerprint density at radius 1 is 1.00 bits per heavy atom. The van der Waals surface area contributed by atoms with Crippen LogP contribution in [-0.4, -0.2) is 14.8 Å². The van der Waals surface area contributed by atoms with Gasteiger partial charge >= 0.3 is 0 Å². The van der Waals surface area contributed by atoms with Crippen LogP contribution in [0.25, 0.3) is 11.0 Å². The van der Waals surface area contributed by atoms with Crippen LogP contribution < -0.4 is 0 Å². The summed E-state index contributed by atoms with van der Waals surface area (Å²) in [6.45, 7) is 0. The molecule has 0 aliphatic heterocycles. The fourth-order valence-electron chi connectivity index (χ4n) is 2.70. The highest BCUT2D eigenvalue weighted by atomic mass is 16.3. The Bertz CT molecular complexity index is 945. The maximum Gasteiger partial charge on any atom is 0.134 e. The Morgan fingerprint density at radius 3 is 2.43 bits per heavy atom. The van der Waals surface area contributed by atoms with Gasteiger partial charge in [0.1, 0.15) is 30.0 Å². The smallest absolute Gasteiger partial charge is 0.134 e. The zero-order valence-corrected chi connectivity index (χ0v) is 12.1. The molecule has 0 spiro atoms. The van der Waals surface area contributed by atoms with Gasteiger partial charge in [-0.15, -0.1) is 10.2 Å². The van der Waals surface area contributed by atoms with Crippen molar-refractivity contribution in [3.63, 3.8) is 0 Å². The molecule has 110 valence electrons. The van der Waals surface area contributed by atoms with Gasteiger partial charge in [0.05, 0.1) is 11.6 Å². The number of fused-ring (bicyclic) bond motifs is 1. The van der Waals surface area contributed by atoms with Crippen LogP contribution in [0.5, 0.6) is 0 Å². The minimum absolute atomic E-state index is 0.176. The van der Waals surface area contributed by atoms with Crippen LogP contribution in [-0.2, 0) is 0 Å². The van der Waals surface area contributed by atoms with Crippen LogP contribution in [0, 0.1) is 11.3 Å². The molecule has 4 aromatic rings. The first-order valence-corrected chi connectivity index (χ1v) is 7.18. The lowest BCUT2D eigenvalue weighted by molar-refractivity contribution is 0.487. The molecule has 0 aliphatic rings. The van der Waals surface area contributed by atoms with E-state index in [0.29, 0.717) is 5.56 Å². The number of nitriles is 1. The summed E-state index contributed by atoms with van der Waals surface area (Å²) in [5.41, 5.74) is 2.47. The Kier molecular flexibility index (Phi) is 3.13. The van der Waals surface area contributed by atoms with Crippen LogP contribution in [0.2, 0.25) is 0 Å². The Balaban J connectivity index is 1.86. The number of para-hydroxylation sites is 1. The van der Waals surface area contributed by atoms with Crippen LogP contribution >= 0.6 is 0 Å². The average Bonchev–Trinajstić information content (AvgIpc) is 3.25. The molecule has 0 saturated heterocycles. The molecule has 0 N–H and O–H groups in total. The number of nitrogens with zero attached hydrogens (tertiary/aromatic N) is 4. The van der Waals surface area contributed by atoms with Gasteiger partial charge < -0.3 is 8.98 Å². The molecule has 0 fully saturated rings. The molecule has 2 aromatic heterocycles. The Labute approximate surface area is 132 Å². The molecule has 1 unspecified atom stereocenters. The van der Waals surface area contributed by atoms with Crippen molar-refractivity contribution in [2.75, 3.05) is 0 Å². The third kappa shape index (κ3) is 2.36. The van der Waals surface area contributed by atoms with Crippen LogP contribution in [0.15, 0.2) is 71.7 Å². The number of furan rings is 1. The van der Waals surface area contributed by atoms with E-state index in [1.807, 2.05) is 47.0 Å². The van der Waals surface area contributed by atoms with E-state index in [0.717, 1.165) is 22.3 Å². The summed E-state index contributed by atoms with van der Waals surface area (Å²) in [5.74, 6) is 0.802. The molecule has 4 rings (SSSR count).